The summed E-state index contributed by atoms with van der Waals surface area (Å²) in [4.78, 5) is 32.5. The van der Waals surface area contributed by atoms with Gasteiger partial charge in [-0.1, -0.05) is 36.2 Å². The molecule has 6 nitrogen and oxygen atoms in total. The Labute approximate surface area is 179 Å². The summed E-state index contributed by atoms with van der Waals surface area (Å²) in [5, 5.41) is 1.64. The molecule has 2 aromatic rings. The van der Waals surface area contributed by atoms with Crippen molar-refractivity contribution in [2.75, 3.05) is 25.4 Å². The second kappa shape index (κ2) is 9.49. The minimum absolute atomic E-state index is 0.0138. The van der Waals surface area contributed by atoms with Gasteiger partial charge in [0.2, 0.25) is 5.91 Å². The van der Waals surface area contributed by atoms with Crippen molar-refractivity contribution in [2.45, 2.75) is 56.3 Å². The first-order valence-electron chi connectivity index (χ1n) is 10.3. The van der Waals surface area contributed by atoms with Gasteiger partial charge < -0.3 is 9.64 Å². The maximum absolute atomic E-state index is 13.2. The molecule has 1 amide bonds. The van der Waals surface area contributed by atoms with Crippen LogP contribution in [0.25, 0.3) is 10.9 Å². The molecule has 2 saturated heterocycles. The van der Waals surface area contributed by atoms with E-state index in [0.717, 1.165) is 45.4 Å². The minimum atomic E-state index is -0.105. The number of carbonyl (C=O) groups excluding carboxylic acids is 1. The van der Waals surface area contributed by atoms with Crippen LogP contribution in [0.3, 0.4) is 0 Å². The van der Waals surface area contributed by atoms with Gasteiger partial charge in [-0.25, -0.2) is 4.98 Å². The summed E-state index contributed by atoms with van der Waals surface area (Å²) < 4.78 is 7.41. The van der Waals surface area contributed by atoms with E-state index in [4.69, 9.17) is 16.3 Å². The summed E-state index contributed by atoms with van der Waals surface area (Å²) in [6.07, 6.45) is 6.45. The molecular formula is C21H26ClN3O3S. The number of nitrogens with zero attached hydrogens (tertiary/aromatic N) is 3. The van der Waals surface area contributed by atoms with E-state index in [9.17, 15) is 9.59 Å². The Kier molecular flexibility index (Phi) is 6.77. The number of rotatable bonds is 5. The van der Waals surface area contributed by atoms with Crippen LogP contribution in [-0.4, -0.2) is 51.9 Å². The molecule has 0 bridgehead atoms. The van der Waals surface area contributed by atoms with Crippen LogP contribution in [-0.2, 0) is 16.1 Å². The Hall–Kier alpha value is -1.57. The first kappa shape index (κ1) is 20.7. The van der Waals surface area contributed by atoms with Gasteiger partial charge in [-0.05, 0) is 43.9 Å². The van der Waals surface area contributed by atoms with Crippen molar-refractivity contribution in [2.24, 2.45) is 0 Å². The van der Waals surface area contributed by atoms with E-state index >= 15 is 0 Å². The van der Waals surface area contributed by atoms with E-state index in [0.29, 0.717) is 27.6 Å². The van der Waals surface area contributed by atoms with Crippen molar-refractivity contribution in [3.63, 3.8) is 0 Å². The Morgan fingerprint density at radius 3 is 2.72 bits per heavy atom. The molecule has 2 aliphatic heterocycles. The van der Waals surface area contributed by atoms with Gasteiger partial charge in [0.1, 0.15) is 0 Å². The summed E-state index contributed by atoms with van der Waals surface area (Å²) in [6, 6.07) is 5.13. The zero-order valence-electron chi connectivity index (χ0n) is 16.4. The number of halogens is 1. The second-order valence-electron chi connectivity index (χ2n) is 7.69. The van der Waals surface area contributed by atoms with Crippen LogP contribution in [0.1, 0.15) is 38.5 Å². The minimum Gasteiger partial charge on any atom is -0.376 e. The number of likely N-dealkylation sites (tertiary alicyclic amines) is 1. The third-order valence-corrected chi connectivity index (χ3v) is 6.77. The maximum Gasteiger partial charge on any atom is 0.262 e. The lowest BCUT2D eigenvalue weighted by Crippen LogP contribution is -2.34. The summed E-state index contributed by atoms with van der Waals surface area (Å²) in [7, 11) is 0. The van der Waals surface area contributed by atoms with Gasteiger partial charge >= 0.3 is 0 Å². The van der Waals surface area contributed by atoms with Crippen LogP contribution >= 0.6 is 23.4 Å². The van der Waals surface area contributed by atoms with Crippen LogP contribution in [0.2, 0.25) is 5.02 Å². The van der Waals surface area contributed by atoms with Crippen molar-refractivity contribution in [1.29, 1.82) is 0 Å². The molecule has 0 radical (unpaired) electrons. The van der Waals surface area contributed by atoms with Gasteiger partial charge in [0.25, 0.3) is 5.56 Å². The van der Waals surface area contributed by atoms with E-state index < -0.39 is 0 Å². The average Bonchev–Trinajstić information content (AvgIpc) is 3.07. The molecule has 4 rings (SSSR count). The van der Waals surface area contributed by atoms with Crippen LogP contribution in [0.4, 0.5) is 0 Å². The lowest BCUT2D eigenvalue weighted by atomic mass is 10.2. The third kappa shape index (κ3) is 4.95. The Morgan fingerprint density at radius 2 is 2.00 bits per heavy atom. The third-order valence-electron chi connectivity index (χ3n) is 5.58. The molecule has 156 valence electrons. The Morgan fingerprint density at radius 1 is 1.21 bits per heavy atom. The molecule has 1 unspecified atom stereocenters. The highest BCUT2D eigenvalue weighted by Crippen LogP contribution is 2.23. The molecule has 0 spiro atoms. The molecule has 0 saturated carbocycles. The lowest BCUT2D eigenvalue weighted by molar-refractivity contribution is -0.128. The molecule has 1 atom stereocenters. The number of fused-ring (bicyclic) bond motifs is 1. The van der Waals surface area contributed by atoms with Gasteiger partial charge in [-0.15, -0.1) is 0 Å². The number of aromatic nitrogens is 2. The predicted molar refractivity (Wildman–Crippen MR) is 116 cm³/mol. The number of benzene rings is 1. The molecule has 1 aromatic carbocycles. The zero-order chi connectivity index (χ0) is 20.2. The van der Waals surface area contributed by atoms with Gasteiger partial charge in [-0.3, -0.25) is 14.2 Å². The number of hydrogen-bond donors (Lipinski definition) is 0. The maximum atomic E-state index is 13.2. The van der Waals surface area contributed by atoms with Crippen LogP contribution < -0.4 is 5.56 Å². The molecule has 29 heavy (non-hydrogen) atoms. The fraction of sp³-hybridized carbons (Fsp3) is 0.571. The number of ether oxygens (including phenoxy) is 1. The van der Waals surface area contributed by atoms with Gasteiger partial charge in [0, 0.05) is 24.7 Å². The molecule has 2 fully saturated rings. The van der Waals surface area contributed by atoms with Crippen LogP contribution in [0, 0.1) is 0 Å². The molecule has 0 N–H and O–H groups in total. The van der Waals surface area contributed by atoms with E-state index in [-0.39, 0.29) is 23.3 Å². The summed E-state index contributed by atoms with van der Waals surface area (Å²) in [5.41, 5.74) is 0.461. The lowest BCUT2D eigenvalue weighted by Gasteiger charge is -2.21. The number of amides is 1. The number of carbonyl (C=O) groups is 1. The van der Waals surface area contributed by atoms with Gasteiger partial charge in [0.15, 0.2) is 5.16 Å². The second-order valence-corrected chi connectivity index (χ2v) is 9.07. The fourth-order valence-electron chi connectivity index (χ4n) is 3.97. The van der Waals surface area contributed by atoms with E-state index in [2.05, 4.69) is 4.98 Å². The van der Waals surface area contributed by atoms with E-state index in [1.807, 2.05) is 4.90 Å². The smallest absolute Gasteiger partial charge is 0.262 e. The fourth-order valence-corrected chi connectivity index (χ4v) is 5.05. The van der Waals surface area contributed by atoms with Crippen molar-refractivity contribution < 1.29 is 9.53 Å². The van der Waals surface area contributed by atoms with Gasteiger partial charge in [0.05, 0.1) is 29.3 Å². The SMILES string of the molecule is O=C(CSc1nc2cc(Cl)ccc2c(=O)n1CC1CCCO1)N1CCCCCC1. The van der Waals surface area contributed by atoms with Crippen molar-refractivity contribution in [3.05, 3.63) is 33.6 Å². The number of thioether (sulfide) groups is 1. The van der Waals surface area contributed by atoms with Crippen molar-refractivity contribution in [3.8, 4) is 0 Å². The monoisotopic (exact) mass is 435 g/mol. The zero-order valence-corrected chi connectivity index (χ0v) is 18.0. The Bertz CT molecular complexity index is 935. The molecule has 8 heteroatoms. The van der Waals surface area contributed by atoms with E-state index in [1.165, 1.54) is 24.6 Å². The summed E-state index contributed by atoms with van der Waals surface area (Å²) in [5.74, 6) is 0.394. The molecule has 1 aromatic heterocycles. The molecular weight excluding hydrogens is 410 g/mol. The van der Waals surface area contributed by atoms with Crippen LogP contribution in [0.15, 0.2) is 28.2 Å². The largest absolute Gasteiger partial charge is 0.376 e. The summed E-state index contributed by atoms with van der Waals surface area (Å²) in [6.45, 7) is 2.84. The normalized spacial score (nSPS) is 20.2. The van der Waals surface area contributed by atoms with Crippen LogP contribution in [0.5, 0.6) is 0 Å². The first-order chi connectivity index (χ1) is 14.1. The predicted octanol–water partition coefficient (Wildman–Crippen LogP) is 3.72. The standard InChI is InChI=1S/C21H26ClN3O3S/c22-15-7-8-17-18(12-15)23-21(25(20(17)27)13-16-6-5-11-28-16)29-14-19(26)24-9-3-1-2-4-10-24/h7-8,12,16H,1-6,9-11,13-14H2. The van der Waals surface area contributed by atoms with Crippen molar-refractivity contribution in [1.82, 2.24) is 14.5 Å². The quantitative estimate of drug-likeness (QED) is 0.529. The Balaban J connectivity index is 1.60. The highest BCUT2D eigenvalue weighted by molar-refractivity contribution is 7.99. The van der Waals surface area contributed by atoms with Crippen molar-refractivity contribution >= 4 is 40.2 Å². The topological polar surface area (TPSA) is 64.4 Å². The van der Waals surface area contributed by atoms with E-state index in [1.54, 1.807) is 22.8 Å². The molecule has 0 aliphatic carbocycles. The van der Waals surface area contributed by atoms with Gasteiger partial charge in [-0.2, -0.15) is 0 Å². The molecule has 2 aliphatic rings. The molecule has 3 heterocycles. The number of hydrogen-bond acceptors (Lipinski definition) is 5. The first-order valence-corrected chi connectivity index (χ1v) is 11.7. The summed E-state index contributed by atoms with van der Waals surface area (Å²) >= 11 is 7.44. The highest BCUT2D eigenvalue weighted by Gasteiger charge is 2.22. The highest BCUT2D eigenvalue weighted by atomic mass is 35.5. The average molecular weight is 436 g/mol.